The van der Waals surface area contributed by atoms with E-state index >= 15 is 0 Å². The summed E-state index contributed by atoms with van der Waals surface area (Å²) in [7, 11) is 0. The number of nitrogens with zero attached hydrogens (tertiary/aromatic N) is 5. The molecule has 3 amide bonds. The number of aromatic nitrogens is 2. The lowest BCUT2D eigenvalue weighted by Gasteiger charge is -2.34. The topological polar surface area (TPSA) is 146 Å². The molecule has 2 aliphatic rings. The van der Waals surface area contributed by atoms with Crippen molar-refractivity contribution in [2.75, 3.05) is 26.2 Å². The van der Waals surface area contributed by atoms with E-state index in [4.69, 9.17) is 5.73 Å². The zero-order chi connectivity index (χ0) is 37.2. The molecule has 3 heterocycles. The van der Waals surface area contributed by atoms with Gasteiger partial charge in [-0.25, -0.2) is 23.7 Å². The van der Waals surface area contributed by atoms with Crippen LogP contribution in [0.25, 0.3) is 0 Å². The van der Waals surface area contributed by atoms with Crippen molar-refractivity contribution in [2.24, 2.45) is 10.7 Å². The van der Waals surface area contributed by atoms with Crippen molar-refractivity contribution in [3.05, 3.63) is 114 Å². The van der Waals surface area contributed by atoms with E-state index < -0.39 is 41.5 Å². The van der Waals surface area contributed by atoms with E-state index in [0.29, 0.717) is 41.8 Å². The minimum atomic E-state index is -4.73. The molecule has 4 N–H and O–H groups in total. The highest BCUT2D eigenvalue weighted by Gasteiger charge is 2.39. The number of nitrogens with one attached hydrogen (secondary N) is 2. The molecular weight excluding hydrogens is 675 g/mol. The van der Waals surface area contributed by atoms with Crippen LogP contribution < -0.4 is 16.4 Å². The number of likely N-dealkylation sites (tertiary alicyclic amines) is 2. The molecule has 0 spiro atoms. The molecule has 2 aliphatic heterocycles. The number of carbonyl (C=O) groups excluding carboxylic acids is 3. The molecule has 16 heteroatoms. The minimum absolute atomic E-state index is 0.0161. The lowest BCUT2D eigenvalue weighted by molar-refractivity contribution is -0.141. The summed E-state index contributed by atoms with van der Waals surface area (Å²) < 4.78 is 64.6. The van der Waals surface area contributed by atoms with Gasteiger partial charge in [0.25, 0.3) is 17.7 Å². The van der Waals surface area contributed by atoms with Crippen molar-refractivity contribution < 1.29 is 36.3 Å². The Balaban J connectivity index is 0.000000251. The first-order valence-corrected chi connectivity index (χ1v) is 15.9. The van der Waals surface area contributed by atoms with Gasteiger partial charge in [-0.3, -0.25) is 24.2 Å². The Morgan fingerprint density at radius 1 is 1.10 bits per heavy atom. The Morgan fingerprint density at radius 2 is 1.76 bits per heavy atom. The van der Waals surface area contributed by atoms with Crippen molar-refractivity contribution >= 4 is 29.2 Å². The highest BCUT2D eigenvalue weighted by molar-refractivity contribution is 6.13. The van der Waals surface area contributed by atoms with Gasteiger partial charge in [0, 0.05) is 62.6 Å². The second kappa shape index (κ2) is 16.9. The lowest BCUT2D eigenvalue weighted by atomic mass is 9.98. The van der Waals surface area contributed by atoms with Crippen LogP contribution in [0.3, 0.4) is 0 Å². The SMILES string of the molecule is C=C(CN1CCC(F)(F)C1)C(=O)NCc1ccccc1.CCN1C(=O)C(NC(=O)c2nccc(C(F)(F)F)n2)C/C(=C/N)C1=Nc1ccccc1. The Kier molecular flexibility index (Phi) is 12.7. The maximum Gasteiger partial charge on any atom is 0.433 e. The van der Waals surface area contributed by atoms with Crippen LogP contribution in [0.1, 0.15) is 41.6 Å². The number of hydrogen-bond acceptors (Lipinski definition) is 8. The Labute approximate surface area is 291 Å². The van der Waals surface area contributed by atoms with Crippen molar-refractivity contribution in [3.63, 3.8) is 0 Å². The van der Waals surface area contributed by atoms with Crippen LogP contribution in [-0.2, 0) is 22.3 Å². The van der Waals surface area contributed by atoms with Crippen molar-refractivity contribution in [1.82, 2.24) is 30.4 Å². The third-order valence-corrected chi connectivity index (χ3v) is 7.77. The van der Waals surface area contributed by atoms with E-state index in [-0.39, 0.29) is 38.4 Å². The monoisotopic (exact) mass is 712 g/mol. The molecule has 0 saturated carbocycles. The van der Waals surface area contributed by atoms with E-state index in [0.717, 1.165) is 11.8 Å². The summed E-state index contributed by atoms with van der Waals surface area (Å²) in [5.74, 6) is -4.73. The lowest BCUT2D eigenvalue weighted by Crippen LogP contribution is -2.55. The number of nitrogens with two attached hydrogens (primary N) is 1. The average molecular weight is 713 g/mol. The number of para-hydroxylation sites is 1. The summed E-state index contributed by atoms with van der Waals surface area (Å²) in [5, 5.41) is 5.14. The summed E-state index contributed by atoms with van der Waals surface area (Å²) in [5.41, 5.74) is 6.91. The van der Waals surface area contributed by atoms with E-state index in [9.17, 15) is 36.3 Å². The van der Waals surface area contributed by atoms with Gasteiger partial charge in [-0.05, 0) is 30.7 Å². The predicted octanol–water partition coefficient (Wildman–Crippen LogP) is 4.62. The summed E-state index contributed by atoms with van der Waals surface area (Å²) in [6, 6.07) is 18.0. The fourth-order valence-electron chi connectivity index (χ4n) is 5.22. The molecular formula is C35H37F5N8O3. The molecule has 2 fully saturated rings. The van der Waals surface area contributed by atoms with Crippen LogP contribution in [0.2, 0.25) is 0 Å². The van der Waals surface area contributed by atoms with Crippen LogP contribution in [-0.4, -0.2) is 81.5 Å². The molecule has 2 aromatic carbocycles. The standard InChI is InChI=1S/C20H19F3N6O2.C15H18F2N2O/c1-2-29-17(26-13-6-4-3-5-7-13)12(11-24)10-14(19(29)31)27-18(30)16-25-9-8-15(28-16)20(21,22)23;1-12(10-19-8-7-15(16,17)11-19)14(20)18-9-13-5-3-2-4-6-13/h3-9,11,14H,2,10,24H2,1H3,(H,27,30);2-6H,1,7-11H2,(H,18,20)/b12-11-,26-17?;. The van der Waals surface area contributed by atoms with E-state index in [1.54, 1.807) is 36.1 Å². The van der Waals surface area contributed by atoms with Crippen LogP contribution in [0.5, 0.6) is 0 Å². The number of likely N-dealkylation sites (N-methyl/N-ethyl adjacent to an activating group) is 1. The van der Waals surface area contributed by atoms with Crippen molar-refractivity contribution in [2.45, 2.75) is 44.5 Å². The number of carbonyl (C=O) groups is 3. The number of aliphatic imine (C=N–C) groups is 1. The van der Waals surface area contributed by atoms with Gasteiger partial charge in [-0.2, -0.15) is 13.2 Å². The van der Waals surface area contributed by atoms with Crippen LogP contribution >= 0.6 is 0 Å². The number of piperidine rings is 1. The molecule has 1 aromatic heterocycles. The molecule has 5 rings (SSSR count). The molecule has 0 aliphatic carbocycles. The highest BCUT2D eigenvalue weighted by Crippen LogP contribution is 2.28. The number of alkyl halides is 5. The summed E-state index contributed by atoms with van der Waals surface area (Å²) >= 11 is 0. The highest BCUT2D eigenvalue weighted by atomic mass is 19.4. The first-order valence-electron chi connectivity index (χ1n) is 15.9. The predicted molar refractivity (Wildman–Crippen MR) is 180 cm³/mol. The number of amides is 3. The number of rotatable bonds is 9. The first-order chi connectivity index (χ1) is 24.2. The van der Waals surface area contributed by atoms with Crippen molar-refractivity contribution in [1.29, 1.82) is 0 Å². The molecule has 1 unspecified atom stereocenters. The summed E-state index contributed by atoms with van der Waals surface area (Å²) in [6.45, 7) is 6.26. The second-order valence-electron chi connectivity index (χ2n) is 11.6. The maximum atomic E-state index is 13.0. The smallest absolute Gasteiger partial charge is 0.404 e. The molecule has 11 nitrogen and oxygen atoms in total. The van der Waals surface area contributed by atoms with Gasteiger partial charge in [0.1, 0.15) is 17.6 Å². The molecule has 2 saturated heterocycles. The fourth-order valence-corrected chi connectivity index (χ4v) is 5.22. The largest absolute Gasteiger partial charge is 0.433 e. The van der Waals surface area contributed by atoms with Gasteiger partial charge < -0.3 is 16.4 Å². The van der Waals surface area contributed by atoms with Gasteiger partial charge >= 0.3 is 6.18 Å². The maximum absolute atomic E-state index is 13.0. The van der Waals surface area contributed by atoms with Crippen LogP contribution in [0.15, 0.2) is 102 Å². The van der Waals surface area contributed by atoms with Gasteiger partial charge in [-0.15, -0.1) is 0 Å². The Hall–Kier alpha value is -5.51. The normalized spacial score (nSPS) is 19.0. The average Bonchev–Trinajstić information content (AvgIpc) is 3.46. The first kappa shape index (κ1) is 38.3. The number of amidine groups is 1. The third-order valence-electron chi connectivity index (χ3n) is 7.77. The molecule has 1 atom stereocenters. The van der Waals surface area contributed by atoms with Gasteiger partial charge in [0.2, 0.25) is 11.7 Å². The number of benzene rings is 2. The van der Waals surface area contributed by atoms with Crippen molar-refractivity contribution in [3.8, 4) is 0 Å². The van der Waals surface area contributed by atoms with Crippen LogP contribution in [0, 0.1) is 0 Å². The molecule has 270 valence electrons. The number of hydrogen-bond donors (Lipinski definition) is 3. The zero-order valence-electron chi connectivity index (χ0n) is 27.7. The van der Waals surface area contributed by atoms with Gasteiger partial charge in [0.15, 0.2) is 0 Å². The van der Waals surface area contributed by atoms with E-state index in [1.807, 2.05) is 36.4 Å². The Morgan fingerprint density at radius 3 is 2.35 bits per heavy atom. The van der Waals surface area contributed by atoms with Crippen LogP contribution in [0.4, 0.5) is 27.6 Å². The summed E-state index contributed by atoms with van der Waals surface area (Å²) in [4.78, 5) is 51.5. The molecule has 0 radical (unpaired) electrons. The number of halogens is 5. The third kappa shape index (κ3) is 10.7. The zero-order valence-corrected chi connectivity index (χ0v) is 27.7. The quantitative estimate of drug-likeness (QED) is 0.217. The molecule has 3 aromatic rings. The summed E-state index contributed by atoms with van der Waals surface area (Å²) in [6.07, 6.45) is -2.73. The minimum Gasteiger partial charge on any atom is -0.404 e. The van der Waals surface area contributed by atoms with Gasteiger partial charge in [0.05, 0.1) is 12.2 Å². The molecule has 51 heavy (non-hydrogen) atoms. The second-order valence-corrected chi connectivity index (χ2v) is 11.6. The fraction of sp³-hybridized carbons (Fsp3) is 0.314. The van der Waals surface area contributed by atoms with Gasteiger partial charge in [-0.1, -0.05) is 55.1 Å². The Bertz CT molecular complexity index is 1770. The van der Waals surface area contributed by atoms with E-state index in [2.05, 4.69) is 32.2 Å². The van der Waals surface area contributed by atoms with E-state index in [1.165, 1.54) is 11.1 Å². The molecule has 0 bridgehead atoms.